The van der Waals surface area contributed by atoms with Gasteiger partial charge in [-0.3, -0.25) is 9.59 Å². The third kappa shape index (κ3) is 5.45. The quantitative estimate of drug-likeness (QED) is 0.746. The molecule has 24 heavy (non-hydrogen) atoms. The molecule has 7 heteroatoms. The SMILES string of the molecule is NC(=O)COc1ccc(C(=O)OCC(=O)Nc2ccccc2)cc1. The van der Waals surface area contributed by atoms with Crippen LogP contribution >= 0.6 is 0 Å². The Bertz CT molecular complexity index is 714. The Kier molecular flexibility index (Phi) is 5.90. The molecular formula is C17H16N2O5. The van der Waals surface area contributed by atoms with Gasteiger partial charge in [0.25, 0.3) is 11.8 Å². The largest absolute Gasteiger partial charge is 0.484 e. The lowest BCUT2D eigenvalue weighted by Crippen LogP contribution is -2.21. The molecule has 2 aromatic carbocycles. The van der Waals surface area contributed by atoms with Gasteiger partial charge in [0.05, 0.1) is 5.56 Å². The fourth-order valence-electron chi connectivity index (χ4n) is 1.77. The number of para-hydroxylation sites is 1. The van der Waals surface area contributed by atoms with Crippen molar-refractivity contribution in [1.29, 1.82) is 0 Å². The zero-order valence-corrected chi connectivity index (χ0v) is 12.7. The van der Waals surface area contributed by atoms with E-state index < -0.39 is 24.4 Å². The van der Waals surface area contributed by atoms with Crippen molar-refractivity contribution in [3.63, 3.8) is 0 Å². The van der Waals surface area contributed by atoms with Gasteiger partial charge in [-0.1, -0.05) is 18.2 Å². The Balaban J connectivity index is 1.81. The van der Waals surface area contributed by atoms with E-state index in [2.05, 4.69) is 5.32 Å². The van der Waals surface area contributed by atoms with Gasteiger partial charge in [-0.05, 0) is 36.4 Å². The highest BCUT2D eigenvalue weighted by molar-refractivity contribution is 5.95. The number of hydrogen-bond acceptors (Lipinski definition) is 5. The summed E-state index contributed by atoms with van der Waals surface area (Å²) in [7, 11) is 0. The molecule has 0 fully saturated rings. The molecule has 0 aromatic heterocycles. The first-order valence-electron chi connectivity index (χ1n) is 7.08. The number of anilines is 1. The topological polar surface area (TPSA) is 108 Å². The van der Waals surface area contributed by atoms with Gasteiger partial charge in [-0.25, -0.2) is 4.79 Å². The van der Waals surface area contributed by atoms with E-state index in [9.17, 15) is 14.4 Å². The Morgan fingerprint density at radius 2 is 1.58 bits per heavy atom. The number of esters is 1. The smallest absolute Gasteiger partial charge is 0.338 e. The Labute approximate surface area is 138 Å². The third-order valence-corrected chi connectivity index (χ3v) is 2.86. The Morgan fingerprint density at radius 1 is 0.917 bits per heavy atom. The average molecular weight is 328 g/mol. The highest BCUT2D eigenvalue weighted by Crippen LogP contribution is 2.13. The summed E-state index contributed by atoms with van der Waals surface area (Å²) in [5.41, 5.74) is 5.84. The van der Waals surface area contributed by atoms with Crippen molar-refractivity contribution in [3.8, 4) is 5.75 Å². The summed E-state index contributed by atoms with van der Waals surface area (Å²) in [4.78, 5) is 34.2. The van der Waals surface area contributed by atoms with Crippen molar-refractivity contribution in [3.05, 3.63) is 60.2 Å². The summed E-state index contributed by atoms with van der Waals surface area (Å²) in [5.74, 6) is -1.27. The molecule has 2 rings (SSSR count). The predicted molar refractivity (Wildman–Crippen MR) is 86.5 cm³/mol. The van der Waals surface area contributed by atoms with Crippen molar-refractivity contribution in [1.82, 2.24) is 0 Å². The number of rotatable bonds is 7. The maximum Gasteiger partial charge on any atom is 0.338 e. The molecule has 0 radical (unpaired) electrons. The lowest BCUT2D eigenvalue weighted by Gasteiger charge is -2.07. The van der Waals surface area contributed by atoms with Crippen LogP contribution in [0.15, 0.2) is 54.6 Å². The lowest BCUT2D eigenvalue weighted by atomic mass is 10.2. The molecule has 2 aromatic rings. The van der Waals surface area contributed by atoms with E-state index in [1.165, 1.54) is 24.3 Å². The summed E-state index contributed by atoms with van der Waals surface area (Å²) in [6.45, 7) is -0.642. The zero-order chi connectivity index (χ0) is 17.4. The maximum absolute atomic E-state index is 11.9. The monoisotopic (exact) mass is 328 g/mol. The maximum atomic E-state index is 11.9. The van der Waals surface area contributed by atoms with Crippen LogP contribution in [0.3, 0.4) is 0 Å². The normalized spacial score (nSPS) is 9.83. The zero-order valence-electron chi connectivity index (χ0n) is 12.7. The lowest BCUT2D eigenvalue weighted by molar-refractivity contribution is -0.120. The van der Waals surface area contributed by atoms with Crippen LogP contribution in [0.5, 0.6) is 5.75 Å². The van der Waals surface area contributed by atoms with Crippen LogP contribution in [0.1, 0.15) is 10.4 Å². The number of amides is 2. The predicted octanol–water partition coefficient (Wildman–Crippen LogP) is 1.35. The number of hydrogen-bond donors (Lipinski definition) is 2. The van der Waals surface area contributed by atoms with Crippen LogP contribution in [0.25, 0.3) is 0 Å². The average Bonchev–Trinajstić information content (AvgIpc) is 2.59. The minimum atomic E-state index is -0.639. The van der Waals surface area contributed by atoms with Gasteiger partial charge in [0.1, 0.15) is 5.75 Å². The molecule has 0 saturated heterocycles. The minimum absolute atomic E-state index is 0.247. The molecule has 0 bridgehead atoms. The number of ether oxygens (including phenoxy) is 2. The fraction of sp³-hybridized carbons (Fsp3) is 0.118. The second kappa shape index (κ2) is 8.33. The number of carbonyl (C=O) groups is 3. The van der Waals surface area contributed by atoms with E-state index in [1.807, 2.05) is 6.07 Å². The van der Waals surface area contributed by atoms with Gasteiger partial charge < -0.3 is 20.5 Å². The van der Waals surface area contributed by atoms with Gasteiger partial charge in [0.15, 0.2) is 13.2 Å². The first kappa shape index (κ1) is 17.0. The van der Waals surface area contributed by atoms with Crippen molar-refractivity contribution < 1.29 is 23.9 Å². The van der Waals surface area contributed by atoms with E-state index in [-0.39, 0.29) is 12.2 Å². The summed E-state index contributed by atoms with van der Waals surface area (Å²) >= 11 is 0. The van der Waals surface area contributed by atoms with Crippen molar-refractivity contribution in [2.24, 2.45) is 5.73 Å². The Hall–Kier alpha value is -3.35. The molecule has 0 aliphatic rings. The van der Waals surface area contributed by atoms with Crippen molar-refractivity contribution in [2.45, 2.75) is 0 Å². The first-order chi connectivity index (χ1) is 11.5. The van der Waals surface area contributed by atoms with Gasteiger partial charge in [0.2, 0.25) is 0 Å². The van der Waals surface area contributed by atoms with Gasteiger partial charge in [-0.2, -0.15) is 0 Å². The van der Waals surface area contributed by atoms with Crippen LogP contribution in [-0.2, 0) is 14.3 Å². The van der Waals surface area contributed by atoms with Gasteiger partial charge >= 0.3 is 5.97 Å². The number of nitrogens with two attached hydrogens (primary N) is 1. The number of primary amides is 1. The fourth-order valence-corrected chi connectivity index (χ4v) is 1.77. The third-order valence-electron chi connectivity index (χ3n) is 2.86. The molecule has 0 aliphatic carbocycles. The molecular weight excluding hydrogens is 312 g/mol. The molecule has 3 N–H and O–H groups in total. The highest BCUT2D eigenvalue weighted by atomic mass is 16.5. The van der Waals surface area contributed by atoms with Crippen LogP contribution in [0.2, 0.25) is 0 Å². The van der Waals surface area contributed by atoms with E-state index in [0.29, 0.717) is 11.4 Å². The van der Waals surface area contributed by atoms with Crippen molar-refractivity contribution >= 4 is 23.5 Å². The van der Waals surface area contributed by atoms with E-state index in [0.717, 1.165) is 0 Å². The van der Waals surface area contributed by atoms with Crippen LogP contribution < -0.4 is 15.8 Å². The standard InChI is InChI=1S/C17H16N2O5/c18-15(20)10-23-14-8-6-12(7-9-14)17(22)24-11-16(21)19-13-4-2-1-3-5-13/h1-9H,10-11H2,(H2,18,20)(H,19,21). The molecule has 0 unspecified atom stereocenters. The Morgan fingerprint density at radius 3 is 2.21 bits per heavy atom. The minimum Gasteiger partial charge on any atom is -0.484 e. The number of benzene rings is 2. The highest BCUT2D eigenvalue weighted by Gasteiger charge is 2.10. The summed E-state index contributed by atoms with van der Waals surface area (Å²) in [6, 6.07) is 14.8. The number of carbonyl (C=O) groups excluding carboxylic acids is 3. The molecule has 0 atom stereocenters. The summed E-state index contributed by atoms with van der Waals surface area (Å²) in [6.07, 6.45) is 0. The molecule has 2 amide bonds. The molecule has 0 spiro atoms. The molecule has 124 valence electrons. The van der Waals surface area contributed by atoms with Crippen LogP contribution in [0.4, 0.5) is 5.69 Å². The molecule has 7 nitrogen and oxygen atoms in total. The second-order valence-corrected chi connectivity index (χ2v) is 4.77. The van der Waals surface area contributed by atoms with E-state index in [4.69, 9.17) is 15.2 Å². The number of nitrogens with one attached hydrogen (secondary N) is 1. The molecule has 0 aliphatic heterocycles. The van der Waals surface area contributed by atoms with Crippen molar-refractivity contribution in [2.75, 3.05) is 18.5 Å². The van der Waals surface area contributed by atoms with E-state index >= 15 is 0 Å². The summed E-state index contributed by atoms with van der Waals surface area (Å²) < 4.78 is 10.0. The van der Waals surface area contributed by atoms with E-state index in [1.54, 1.807) is 24.3 Å². The van der Waals surface area contributed by atoms with Crippen LogP contribution in [0, 0.1) is 0 Å². The molecule has 0 saturated carbocycles. The van der Waals surface area contributed by atoms with Gasteiger partial charge in [0, 0.05) is 5.69 Å². The summed E-state index contributed by atoms with van der Waals surface area (Å²) in [5, 5.41) is 2.61. The first-order valence-corrected chi connectivity index (χ1v) is 7.08. The second-order valence-electron chi connectivity index (χ2n) is 4.77. The van der Waals surface area contributed by atoms with Gasteiger partial charge in [-0.15, -0.1) is 0 Å². The molecule has 0 heterocycles. The van der Waals surface area contributed by atoms with Crippen LogP contribution in [-0.4, -0.2) is 31.0 Å².